The lowest BCUT2D eigenvalue weighted by atomic mass is 10.0. The van der Waals surface area contributed by atoms with Gasteiger partial charge in [-0.1, -0.05) is 253 Å². The molecule has 0 fully saturated rings. The molecule has 0 aromatic heterocycles. The predicted octanol–water partition coefficient (Wildman–Crippen LogP) is 16.9. The van der Waals surface area contributed by atoms with Gasteiger partial charge in [0.2, 0.25) is 0 Å². The summed E-state index contributed by atoms with van der Waals surface area (Å²) in [5.74, 6) is 0.828. The van der Waals surface area contributed by atoms with Crippen molar-refractivity contribution in [2.24, 2.45) is 11.8 Å². The standard InChI is InChI=1S/C53H102O6/c1-6-7-8-9-10-21-28-33-38-43-51(54)57-46-50(47-58-52(55)44-39-34-29-24-19-16-15-18-23-27-32-37-42-49(4)5)59-53(56)45-40-35-30-25-20-14-12-11-13-17-22-26-31-36-41-48(2)3/h48-50H,6-47H2,1-5H3/t50-/m1/s1. The lowest BCUT2D eigenvalue weighted by Gasteiger charge is -2.18. The van der Waals surface area contributed by atoms with E-state index in [1.165, 1.54) is 180 Å². The largest absolute Gasteiger partial charge is 0.462 e. The topological polar surface area (TPSA) is 78.9 Å². The maximum atomic E-state index is 12.8. The summed E-state index contributed by atoms with van der Waals surface area (Å²) in [6, 6.07) is 0. The molecule has 0 aliphatic carbocycles. The van der Waals surface area contributed by atoms with Crippen LogP contribution in [0.3, 0.4) is 0 Å². The zero-order valence-electron chi connectivity index (χ0n) is 40.4. The molecule has 0 aliphatic heterocycles. The molecule has 0 aromatic rings. The molecule has 0 aliphatic rings. The van der Waals surface area contributed by atoms with Crippen LogP contribution in [0.2, 0.25) is 0 Å². The molecule has 0 saturated carbocycles. The highest BCUT2D eigenvalue weighted by Crippen LogP contribution is 2.17. The van der Waals surface area contributed by atoms with Crippen molar-refractivity contribution in [1.29, 1.82) is 0 Å². The van der Waals surface area contributed by atoms with Gasteiger partial charge in [0.25, 0.3) is 0 Å². The predicted molar refractivity (Wildman–Crippen MR) is 252 cm³/mol. The summed E-state index contributed by atoms with van der Waals surface area (Å²) in [5, 5.41) is 0. The van der Waals surface area contributed by atoms with E-state index < -0.39 is 6.10 Å². The summed E-state index contributed by atoms with van der Waals surface area (Å²) in [6.07, 6.45) is 46.6. The monoisotopic (exact) mass is 835 g/mol. The summed E-state index contributed by atoms with van der Waals surface area (Å²) < 4.78 is 16.8. The van der Waals surface area contributed by atoms with E-state index in [2.05, 4.69) is 34.6 Å². The van der Waals surface area contributed by atoms with E-state index in [1.807, 2.05) is 0 Å². The maximum Gasteiger partial charge on any atom is 0.306 e. The highest BCUT2D eigenvalue weighted by molar-refractivity contribution is 5.71. The zero-order valence-corrected chi connectivity index (χ0v) is 40.4. The SMILES string of the molecule is CCCCCCCCCCCC(=O)OC[C@H](COC(=O)CCCCCCCCCCCCCCC(C)C)OC(=O)CCCCCCCCCCCCCCCCC(C)C. The van der Waals surface area contributed by atoms with Crippen LogP contribution < -0.4 is 0 Å². The first-order chi connectivity index (χ1) is 28.7. The number of esters is 3. The van der Waals surface area contributed by atoms with Gasteiger partial charge < -0.3 is 14.2 Å². The minimum Gasteiger partial charge on any atom is -0.462 e. The molecule has 350 valence electrons. The quantitative estimate of drug-likeness (QED) is 0.0345. The van der Waals surface area contributed by atoms with Crippen molar-refractivity contribution in [1.82, 2.24) is 0 Å². The summed E-state index contributed by atoms with van der Waals surface area (Å²) in [6.45, 7) is 11.4. The molecular weight excluding hydrogens is 733 g/mol. The van der Waals surface area contributed by atoms with Crippen LogP contribution in [-0.2, 0) is 28.6 Å². The molecule has 0 rings (SSSR count). The number of rotatable bonds is 47. The Balaban J connectivity index is 4.26. The summed E-state index contributed by atoms with van der Waals surface area (Å²) >= 11 is 0. The van der Waals surface area contributed by atoms with E-state index in [-0.39, 0.29) is 31.1 Å². The fourth-order valence-electron chi connectivity index (χ4n) is 7.99. The van der Waals surface area contributed by atoms with Gasteiger partial charge in [0, 0.05) is 19.3 Å². The van der Waals surface area contributed by atoms with E-state index in [0.29, 0.717) is 19.3 Å². The van der Waals surface area contributed by atoms with E-state index in [0.717, 1.165) is 69.6 Å². The first-order valence-corrected chi connectivity index (χ1v) is 26.2. The Hall–Kier alpha value is -1.59. The maximum absolute atomic E-state index is 12.8. The second-order valence-corrected chi connectivity index (χ2v) is 19.1. The van der Waals surface area contributed by atoms with Crippen molar-refractivity contribution in [2.75, 3.05) is 13.2 Å². The molecule has 0 bridgehead atoms. The number of hydrogen-bond acceptors (Lipinski definition) is 6. The Morgan fingerprint density at radius 2 is 0.559 bits per heavy atom. The molecule has 0 heterocycles. The number of ether oxygens (including phenoxy) is 3. The Bertz CT molecular complexity index is 900. The van der Waals surface area contributed by atoms with Crippen LogP contribution in [0, 0.1) is 11.8 Å². The lowest BCUT2D eigenvalue weighted by molar-refractivity contribution is -0.167. The molecule has 1 atom stereocenters. The molecule has 59 heavy (non-hydrogen) atoms. The number of hydrogen-bond donors (Lipinski definition) is 0. The van der Waals surface area contributed by atoms with Crippen LogP contribution in [0.4, 0.5) is 0 Å². The van der Waals surface area contributed by atoms with Gasteiger partial charge in [-0.3, -0.25) is 14.4 Å². The summed E-state index contributed by atoms with van der Waals surface area (Å²) in [4.78, 5) is 37.9. The fourth-order valence-corrected chi connectivity index (χ4v) is 7.99. The third-order valence-corrected chi connectivity index (χ3v) is 12.0. The minimum absolute atomic E-state index is 0.0636. The minimum atomic E-state index is -0.761. The third kappa shape index (κ3) is 47.3. The van der Waals surface area contributed by atoms with Crippen LogP contribution >= 0.6 is 0 Å². The van der Waals surface area contributed by atoms with Crippen LogP contribution in [-0.4, -0.2) is 37.2 Å². The van der Waals surface area contributed by atoms with Gasteiger partial charge in [-0.25, -0.2) is 0 Å². The molecule has 0 radical (unpaired) electrons. The van der Waals surface area contributed by atoms with Gasteiger partial charge in [0.05, 0.1) is 0 Å². The van der Waals surface area contributed by atoms with Gasteiger partial charge in [-0.2, -0.15) is 0 Å². The van der Waals surface area contributed by atoms with E-state index in [4.69, 9.17) is 14.2 Å². The Labute approximate surface area is 368 Å². The molecule has 0 N–H and O–H groups in total. The second-order valence-electron chi connectivity index (χ2n) is 19.1. The third-order valence-electron chi connectivity index (χ3n) is 12.0. The Kier molecular flexibility index (Phi) is 44.7. The zero-order chi connectivity index (χ0) is 43.3. The highest BCUT2D eigenvalue weighted by Gasteiger charge is 2.19. The Morgan fingerprint density at radius 1 is 0.322 bits per heavy atom. The molecule has 0 saturated heterocycles. The summed E-state index contributed by atoms with van der Waals surface area (Å²) in [5.41, 5.74) is 0. The van der Waals surface area contributed by atoms with Crippen molar-refractivity contribution in [3.8, 4) is 0 Å². The van der Waals surface area contributed by atoms with Crippen molar-refractivity contribution < 1.29 is 28.6 Å². The van der Waals surface area contributed by atoms with Gasteiger partial charge in [0.1, 0.15) is 13.2 Å². The van der Waals surface area contributed by atoms with Crippen LogP contribution in [0.1, 0.15) is 291 Å². The number of unbranched alkanes of at least 4 members (excludes halogenated alkanes) is 32. The van der Waals surface area contributed by atoms with Gasteiger partial charge in [-0.05, 0) is 31.1 Å². The van der Waals surface area contributed by atoms with Crippen LogP contribution in [0.15, 0.2) is 0 Å². The Morgan fingerprint density at radius 3 is 0.831 bits per heavy atom. The van der Waals surface area contributed by atoms with Crippen molar-refractivity contribution in [3.05, 3.63) is 0 Å². The number of carbonyl (C=O) groups is 3. The van der Waals surface area contributed by atoms with Crippen LogP contribution in [0.5, 0.6) is 0 Å². The first-order valence-electron chi connectivity index (χ1n) is 26.2. The van der Waals surface area contributed by atoms with E-state index in [1.54, 1.807) is 0 Å². The fraction of sp³-hybridized carbons (Fsp3) is 0.943. The number of carbonyl (C=O) groups excluding carboxylic acids is 3. The molecule has 0 unspecified atom stereocenters. The second kappa shape index (κ2) is 45.9. The van der Waals surface area contributed by atoms with Crippen molar-refractivity contribution in [3.63, 3.8) is 0 Å². The average molecular weight is 835 g/mol. The molecule has 0 spiro atoms. The smallest absolute Gasteiger partial charge is 0.306 e. The van der Waals surface area contributed by atoms with Crippen LogP contribution in [0.25, 0.3) is 0 Å². The molecule has 0 aromatic carbocycles. The van der Waals surface area contributed by atoms with E-state index >= 15 is 0 Å². The summed E-state index contributed by atoms with van der Waals surface area (Å²) in [7, 11) is 0. The normalized spacial score (nSPS) is 12.1. The van der Waals surface area contributed by atoms with Gasteiger partial charge in [0.15, 0.2) is 6.10 Å². The van der Waals surface area contributed by atoms with Crippen molar-refractivity contribution in [2.45, 2.75) is 298 Å². The highest BCUT2D eigenvalue weighted by atomic mass is 16.6. The molecular formula is C53H102O6. The molecule has 0 amide bonds. The van der Waals surface area contributed by atoms with Gasteiger partial charge >= 0.3 is 17.9 Å². The van der Waals surface area contributed by atoms with Crippen molar-refractivity contribution >= 4 is 17.9 Å². The average Bonchev–Trinajstić information content (AvgIpc) is 3.20. The first kappa shape index (κ1) is 57.4. The lowest BCUT2D eigenvalue weighted by Crippen LogP contribution is -2.30. The molecule has 6 heteroatoms. The van der Waals surface area contributed by atoms with E-state index in [9.17, 15) is 14.4 Å². The molecule has 6 nitrogen and oxygen atoms in total. The van der Waals surface area contributed by atoms with Gasteiger partial charge in [-0.15, -0.1) is 0 Å².